The molecule has 0 spiro atoms. The van der Waals surface area contributed by atoms with Crippen LogP contribution in [0.25, 0.3) is 0 Å². The minimum absolute atomic E-state index is 0.00811. The summed E-state index contributed by atoms with van der Waals surface area (Å²) in [5.41, 5.74) is 0. The van der Waals surface area contributed by atoms with Crippen molar-refractivity contribution in [1.82, 2.24) is 10.2 Å². The summed E-state index contributed by atoms with van der Waals surface area (Å²) < 4.78 is 0. The van der Waals surface area contributed by atoms with E-state index < -0.39 is 5.97 Å². The fourth-order valence-corrected chi connectivity index (χ4v) is 2.58. The highest BCUT2D eigenvalue weighted by Gasteiger charge is 2.26. The van der Waals surface area contributed by atoms with Crippen molar-refractivity contribution in [1.29, 1.82) is 0 Å². The lowest BCUT2D eigenvalue weighted by atomic mass is 9.86. The maximum Gasteiger partial charge on any atom is 0.317 e. The fraction of sp³-hybridized carbons (Fsp3) is 0.857. The molecule has 5 nitrogen and oxygen atoms in total. The highest BCUT2D eigenvalue weighted by molar-refractivity contribution is 5.76. The molecule has 1 saturated carbocycles. The van der Waals surface area contributed by atoms with E-state index in [1.807, 2.05) is 13.8 Å². The van der Waals surface area contributed by atoms with E-state index >= 15 is 0 Å². The molecule has 0 aliphatic heterocycles. The van der Waals surface area contributed by atoms with E-state index in [0.29, 0.717) is 5.92 Å². The lowest BCUT2D eigenvalue weighted by Gasteiger charge is -2.33. The highest BCUT2D eigenvalue weighted by Crippen LogP contribution is 2.23. The normalized spacial score (nSPS) is 23.2. The van der Waals surface area contributed by atoms with E-state index in [0.717, 1.165) is 19.3 Å². The van der Waals surface area contributed by atoms with Gasteiger partial charge in [0.25, 0.3) is 0 Å². The van der Waals surface area contributed by atoms with E-state index in [4.69, 9.17) is 5.11 Å². The van der Waals surface area contributed by atoms with E-state index in [9.17, 15) is 9.59 Å². The van der Waals surface area contributed by atoms with Gasteiger partial charge in [-0.15, -0.1) is 0 Å². The first-order valence-electron chi connectivity index (χ1n) is 7.20. The fourth-order valence-electron chi connectivity index (χ4n) is 2.58. The van der Waals surface area contributed by atoms with Crippen LogP contribution in [0.3, 0.4) is 0 Å². The molecule has 0 aromatic heterocycles. The van der Waals surface area contributed by atoms with E-state index in [-0.39, 0.29) is 31.1 Å². The average Bonchev–Trinajstić information content (AvgIpc) is 2.31. The molecule has 1 fully saturated rings. The van der Waals surface area contributed by atoms with E-state index in [1.54, 1.807) is 4.90 Å². The van der Waals surface area contributed by atoms with Crippen LogP contribution in [-0.4, -0.2) is 40.6 Å². The first kappa shape index (κ1) is 15.8. The molecule has 0 aromatic rings. The van der Waals surface area contributed by atoms with Gasteiger partial charge >= 0.3 is 12.0 Å². The predicted molar refractivity (Wildman–Crippen MR) is 74.0 cm³/mol. The Morgan fingerprint density at radius 1 is 1.32 bits per heavy atom. The van der Waals surface area contributed by atoms with Crippen molar-refractivity contribution >= 4 is 12.0 Å². The van der Waals surface area contributed by atoms with Crippen LogP contribution in [0, 0.1) is 5.92 Å². The van der Waals surface area contributed by atoms with Crippen molar-refractivity contribution < 1.29 is 14.7 Å². The van der Waals surface area contributed by atoms with Gasteiger partial charge in [0.05, 0.1) is 6.42 Å². The SMILES string of the molecule is CC1CCCCC1NC(=O)N(CCC(=O)O)C(C)C. The van der Waals surface area contributed by atoms with Gasteiger partial charge in [0.1, 0.15) is 0 Å². The third-order valence-corrected chi connectivity index (χ3v) is 3.87. The molecule has 0 bridgehead atoms. The largest absolute Gasteiger partial charge is 0.481 e. The standard InChI is InChI=1S/C14H26N2O3/c1-10(2)16(9-8-13(17)18)14(19)15-12-7-5-4-6-11(12)3/h10-12H,4-9H2,1-3H3,(H,15,19)(H,17,18). The Labute approximate surface area is 115 Å². The van der Waals surface area contributed by atoms with Crippen molar-refractivity contribution in [2.24, 2.45) is 5.92 Å². The number of rotatable bonds is 5. The molecule has 1 aliphatic rings. The van der Waals surface area contributed by atoms with Gasteiger partial charge in [0, 0.05) is 18.6 Å². The number of carbonyl (C=O) groups is 2. The molecule has 2 unspecified atom stereocenters. The zero-order valence-corrected chi connectivity index (χ0v) is 12.2. The van der Waals surface area contributed by atoms with Crippen LogP contribution < -0.4 is 5.32 Å². The van der Waals surface area contributed by atoms with Gasteiger partial charge in [-0.3, -0.25) is 4.79 Å². The Morgan fingerprint density at radius 3 is 2.47 bits per heavy atom. The molecule has 1 rings (SSSR count). The maximum atomic E-state index is 12.2. The number of urea groups is 1. The number of carbonyl (C=O) groups excluding carboxylic acids is 1. The lowest BCUT2D eigenvalue weighted by Crippen LogP contribution is -2.50. The summed E-state index contributed by atoms with van der Waals surface area (Å²) in [5, 5.41) is 11.8. The van der Waals surface area contributed by atoms with Crippen LogP contribution in [0.15, 0.2) is 0 Å². The molecule has 2 amide bonds. The maximum absolute atomic E-state index is 12.2. The number of hydrogen-bond acceptors (Lipinski definition) is 2. The van der Waals surface area contributed by atoms with Gasteiger partial charge in [-0.1, -0.05) is 19.8 Å². The Kier molecular flexibility index (Phi) is 6.12. The Morgan fingerprint density at radius 2 is 1.95 bits per heavy atom. The molecule has 0 saturated heterocycles. The molecule has 0 heterocycles. The summed E-state index contributed by atoms with van der Waals surface area (Å²) in [7, 11) is 0. The van der Waals surface area contributed by atoms with Gasteiger partial charge in [-0.25, -0.2) is 4.79 Å². The number of amides is 2. The van der Waals surface area contributed by atoms with Gasteiger partial charge in [-0.2, -0.15) is 0 Å². The quantitative estimate of drug-likeness (QED) is 0.806. The Balaban J connectivity index is 2.53. The molecule has 1 aliphatic carbocycles. The van der Waals surface area contributed by atoms with Crippen LogP contribution in [0.1, 0.15) is 52.9 Å². The van der Waals surface area contributed by atoms with Crippen molar-refractivity contribution in [2.45, 2.75) is 65.0 Å². The minimum Gasteiger partial charge on any atom is -0.481 e. The van der Waals surface area contributed by atoms with Crippen molar-refractivity contribution in [2.75, 3.05) is 6.54 Å². The average molecular weight is 270 g/mol. The van der Waals surface area contributed by atoms with Crippen molar-refractivity contribution in [3.05, 3.63) is 0 Å². The summed E-state index contributed by atoms with van der Waals surface area (Å²) in [6, 6.07) is 0.112. The topological polar surface area (TPSA) is 69.6 Å². The Bertz CT molecular complexity index is 318. The van der Waals surface area contributed by atoms with Crippen LogP contribution in [0.2, 0.25) is 0 Å². The van der Waals surface area contributed by atoms with Gasteiger partial charge in [0.2, 0.25) is 0 Å². The van der Waals surface area contributed by atoms with Crippen LogP contribution in [0.5, 0.6) is 0 Å². The van der Waals surface area contributed by atoms with E-state index in [2.05, 4.69) is 12.2 Å². The summed E-state index contributed by atoms with van der Waals surface area (Å²) in [4.78, 5) is 24.5. The van der Waals surface area contributed by atoms with Gasteiger partial charge in [0.15, 0.2) is 0 Å². The summed E-state index contributed by atoms with van der Waals surface area (Å²) in [6.07, 6.45) is 4.57. The number of aliphatic carboxylic acids is 1. The zero-order chi connectivity index (χ0) is 14.4. The molecule has 5 heteroatoms. The van der Waals surface area contributed by atoms with E-state index in [1.165, 1.54) is 6.42 Å². The monoisotopic (exact) mass is 270 g/mol. The number of hydrogen-bond donors (Lipinski definition) is 2. The summed E-state index contributed by atoms with van der Waals surface area (Å²) in [6.45, 7) is 6.25. The number of nitrogens with one attached hydrogen (secondary N) is 1. The molecule has 110 valence electrons. The number of carboxylic acid groups (broad SMARTS) is 1. The van der Waals surface area contributed by atoms with Crippen molar-refractivity contribution in [3.63, 3.8) is 0 Å². The Hall–Kier alpha value is -1.26. The van der Waals surface area contributed by atoms with Crippen LogP contribution in [-0.2, 0) is 4.79 Å². The third-order valence-electron chi connectivity index (χ3n) is 3.87. The molecule has 19 heavy (non-hydrogen) atoms. The second-order valence-electron chi connectivity index (χ2n) is 5.75. The number of carboxylic acids is 1. The second kappa shape index (κ2) is 7.36. The zero-order valence-electron chi connectivity index (χ0n) is 12.2. The summed E-state index contributed by atoms with van der Waals surface area (Å²) in [5.74, 6) is -0.365. The number of nitrogens with zero attached hydrogens (tertiary/aromatic N) is 1. The third kappa shape index (κ3) is 5.09. The molecule has 0 radical (unpaired) electrons. The molecule has 0 aromatic carbocycles. The minimum atomic E-state index is -0.871. The molecular formula is C14H26N2O3. The summed E-state index contributed by atoms with van der Waals surface area (Å²) >= 11 is 0. The highest BCUT2D eigenvalue weighted by atomic mass is 16.4. The molecule has 2 atom stereocenters. The lowest BCUT2D eigenvalue weighted by molar-refractivity contribution is -0.137. The molecule has 2 N–H and O–H groups in total. The second-order valence-corrected chi connectivity index (χ2v) is 5.75. The van der Waals surface area contributed by atoms with Crippen LogP contribution >= 0.6 is 0 Å². The van der Waals surface area contributed by atoms with Crippen molar-refractivity contribution in [3.8, 4) is 0 Å². The van der Waals surface area contributed by atoms with Gasteiger partial charge in [-0.05, 0) is 32.6 Å². The molecular weight excluding hydrogens is 244 g/mol. The first-order chi connectivity index (χ1) is 8.91. The van der Waals surface area contributed by atoms with Gasteiger partial charge < -0.3 is 15.3 Å². The van der Waals surface area contributed by atoms with Crippen LogP contribution in [0.4, 0.5) is 4.79 Å². The smallest absolute Gasteiger partial charge is 0.317 e. The predicted octanol–water partition coefficient (Wildman–Crippen LogP) is 2.46. The first-order valence-corrected chi connectivity index (χ1v) is 7.20.